The lowest BCUT2D eigenvalue weighted by Gasteiger charge is -2.26. The molecule has 0 fully saturated rings. The van der Waals surface area contributed by atoms with Crippen molar-refractivity contribution in [2.24, 2.45) is 0 Å². The van der Waals surface area contributed by atoms with E-state index in [9.17, 15) is 4.79 Å². The molecular formula is C22H24ClNO2. The highest BCUT2D eigenvalue weighted by atomic mass is 35.5. The van der Waals surface area contributed by atoms with Crippen LogP contribution in [0, 0.1) is 0 Å². The van der Waals surface area contributed by atoms with Gasteiger partial charge in [0.15, 0.2) is 0 Å². The molecule has 1 aliphatic rings. The van der Waals surface area contributed by atoms with Crippen molar-refractivity contribution in [2.75, 3.05) is 6.61 Å². The van der Waals surface area contributed by atoms with Gasteiger partial charge in [0, 0.05) is 23.1 Å². The van der Waals surface area contributed by atoms with Crippen LogP contribution in [0.25, 0.3) is 6.08 Å². The Bertz CT molecular complexity index is 819. The first-order chi connectivity index (χ1) is 12.3. The first-order valence-corrected chi connectivity index (χ1v) is 9.22. The largest absolute Gasteiger partial charge is 0.493 e. The Kier molecular flexibility index (Phi) is 5.38. The summed E-state index contributed by atoms with van der Waals surface area (Å²) in [7, 11) is 0. The van der Waals surface area contributed by atoms with Crippen molar-refractivity contribution >= 4 is 23.6 Å². The van der Waals surface area contributed by atoms with E-state index in [1.807, 2.05) is 30.3 Å². The minimum atomic E-state index is -0.122. The van der Waals surface area contributed by atoms with Gasteiger partial charge in [-0.3, -0.25) is 4.79 Å². The van der Waals surface area contributed by atoms with Gasteiger partial charge in [0.2, 0.25) is 5.91 Å². The Morgan fingerprint density at radius 1 is 1.19 bits per heavy atom. The van der Waals surface area contributed by atoms with E-state index in [-0.39, 0.29) is 17.4 Å². The molecule has 0 saturated heterocycles. The lowest BCUT2D eigenvalue weighted by Crippen LogP contribution is -2.30. The quantitative estimate of drug-likeness (QED) is 0.746. The summed E-state index contributed by atoms with van der Waals surface area (Å²) in [6, 6.07) is 13.7. The van der Waals surface area contributed by atoms with Gasteiger partial charge >= 0.3 is 0 Å². The van der Waals surface area contributed by atoms with Crippen LogP contribution in [0.15, 0.2) is 48.5 Å². The standard InChI is InChI=1S/C22H24ClNO2/c1-22(2,3)16-7-4-15(5-8-16)6-11-21(25)24-19-12-13-26-20-10-9-17(23)14-18(19)20/h4-11,14,19H,12-13H2,1-3H3,(H,24,25)/b11-6+. The zero-order chi connectivity index (χ0) is 18.7. The van der Waals surface area contributed by atoms with Gasteiger partial charge in [0.05, 0.1) is 12.6 Å². The molecule has 1 aliphatic heterocycles. The van der Waals surface area contributed by atoms with Crippen LogP contribution in [-0.2, 0) is 10.2 Å². The van der Waals surface area contributed by atoms with Gasteiger partial charge in [0.1, 0.15) is 5.75 Å². The van der Waals surface area contributed by atoms with Gasteiger partial charge in [-0.1, -0.05) is 56.6 Å². The van der Waals surface area contributed by atoms with Gasteiger partial charge in [-0.25, -0.2) is 0 Å². The molecule has 2 aromatic rings. The van der Waals surface area contributed by atoms with Gasteiger partial charge < -0.3 is 10.1 Å². The minimum Gasteiger partial charge on any atom is -0.493 e. The molecule has 3 nitrogen and oxygen atoms in total. The summed E-state index contributed by atoms with van der Waals surface area (Å²) in [6.07, 6.45) is 4.14. The van der Waals surface area contributed by atoms with Crippen LogP contribution in [0.4, 0.5) is 0 Å². The molecule has 0 aliphatic carbocycles. The zero-order valence-electron chi connectivity index (χ0n) is 15.4. The average molecular weight is 370 g/mol. The lowest BCUT2D eigenvalue weighted by molar-refractivity contribution is -0.117. The highest BCUT2D eigenvalue weighted by Gasteiger charge is 2.22. The zero-order valence-corrected chi connectivity index (χ0v) is 16.1. The van der Waals surface area contributed by atoms with E-state index in [0.29, 0.717) is 11.6 Å². The maximum absolute atomic E-state index is 12.3. The van der Waals surface area contributed by atoms with Gasteiger partial charge in [0.25, 0.3) is 0 Å². The molecule has 0 saturated carbocycles. The van der Waals surface area contributed by atoms with Crippen molar-refractivity contribution in [3.8, 4) is 5.75 Å². The molecule has 1 N–H and O–H groups in total. The summed E-state index contributed by atoms with van der Waals surface area (Å²) < 4.78 is 5.63. The number of carbonyl (C=O) groups excluding carboxylic acids is 1. The number of hydrogen-bond donors (Lipinski definition) is 1. The average Bonchev–Trinajstić information content (AvgIpc) is 2.60. The minimum absolute atomic E-state index is 0.0853. The van der Waals surface area contributed by atoms with E-state index < -0.39 is 0 Å². The molecule has 0 aromatic heterocycles. The maximum atomic E-state index is 12.3. The second kappa shape index (κ2) is 7.55. The molecule has 0 radical (unpaired) electrons. The Labute approximate surface area is 160 Å². The molecular weight excluding hydrogens is 346 g/mol. The van der Waals surface area contributed by atoms with Crippen molar-refractivity contribution in [3.05, 3.63) is 70.3 Å². The predicted molar refractivity (Wildman–Crippen MR) is 107 cm³/mol. The number of halogens is 1. The van der Waals surface area contributed by atoms with Gasteiger partial charge in [-0.2, -0.15) is 0 Å². The van der Waals surface area contributed by atoms with E-state index >= 15 is 0 Å². The highest BCUT2D eigenvalue weighted by Crippen LogP contribution is 2.34. The van der Waals surface area contributed by atoms with Crippen molar-refractivity contribution in [1.29, 1.82) is 0 Å². The second-order valence-corrected chi connectivity index (χ2v) is 8.02. The van der Waals surface area contributed by atoms with Crippen LogP contribution >= 0.6 is 11.6 Å². The molecule has 1 heterocycles. The molecule has 136 valence electrons. The third-order valence-corrected chi connectivity index (χ3v) is 4.77. The highest BCUT2D eigenvalue weighted by molar-refractivity contribution is 6.30. The van der Waals surface area contributed by atoms with E-state index in [1.54, 1.807) is 12.1 Å². The number of amides is 1. The van der Waals surface area contributed by atoms with Crippen LogP contribution in [-0.4, -0.2) is 12.5 Å². The number of ether oxygens (including phenoxy) is 1. The molecule has 1 amide bonds. The van der Waals surface area contributed by atoms with Crippen LogP contribution < -0.4 is 10.1 Å². The molecule has 1 unspecified atom stereocenters. The molecule has 2 aromatic carbocycles. The third kappa shape index (κ3) is 4.47. The topological polar surface area (TPSA) is 38.3 Å². The van der Waals surface area contributed by atoms with Gasteiger partial charge in [-0.15, -0.1) is 0 Å². The Morgan fingerprint density at radius 2 is 1.92 bits per heavy atom. The molecule has 3 rings (SSSR count). The fourth-order valence-electron chi connectivity index (χ4n) is 3.00. The number of hydrogen-bond acceptors (Lipinski definition) is 2. The summed E-state index contributed by atoms with van der Waals surface area (Å²) in [5.74, 6) is 0.662. The van der Waals surface area contributed by atoms with Crippen molar-refractivity contribution < 1.29 is 9.53 Å². The van der Waals surface area contributed by atoms with Crippen molar-refractivity contribution in [2.45, 2.75) is 38.6 Å². The predicted octanol–water partition coefficient (Wildman–Crippen LogP) is 5.29. The molecule has 0 bridgehead atoms. The van der Waals surface area contributed by atoms with Crippen LogP contribution in [0.2, 0.25) is 5.02 Å². The third-order valence-electron chi connectivity index (χ3n) is 4.53. The van der Waals surface area contributed by atoms with E-state index in [2.05, 4.69) is 38.2 Å². The lowest BCUT2D eigenvalue weighted by atomic mass is 9.87. The summed E-state index contributed by atoms with van der Waals surface area (Å²) in [6.45, 7) is 7.13. The number of benzene rings is 2. The molecule has 1 atom stereocenters. The van der Waals surface area contributed by atoms with E-state index in [1.165, 1.54) is 5.56 Å². The first-order valence-electron chi connectivity index (χ1n) is 8.84. The summed E-state index contributed by atoms with van der Waals surface area (Å²) >= 11 is 6.08. The SMILES string of the molecule is CC(C)(C)c1ccc(/C=C/C(=O)NC2CCOc3ccc(Cl)cc32)cc1. The normalized spacial score (nSPS) is 16.8. The van der Waals surface area contributed by atoms with Crippen molar-refractivity contribution in [1.82, 2.24) is 5.32 Å². The van der Waals surface area contributed by atoms with Gasteiger partial charge in [-0.05, 0) is 40.8 Å². The Balaban J connectivity index is 1.66. The first kappa shape index (κ1) is 18.5. The molecule has 4 heteroatoms. The van der Waals surface area contributed by atoms with Crippen LogP contribution in [0.5, 0.6) is 5.75 Å². The number of carbonyl (C=O) groups is 1. The summed E-state index contributed by atoms with van der Waals surface area (Å²) in [4.78, 5) is 12.3. The monoisotopic (exact) mass is 369 g/mol. The summed E-state index contributed by atoms with van der Waals surface area (Å²) in [5, 5.41) is 3.69. The number of nitrogens with one attached hydrogen (secondary N) is 1. The Morgan fingerprint density at radius 3 is 2.62 bits per heavy atom. The molecule has 0 spiro atoms. The smallest absolute Gasteiger partial charge is 0.244 e. The van der Waals surface area contributed by atoms with Crippen molar-refractivity contribution in [3.63, 3.8) is 0 Å². The Hall–Kier alpha value is -2.26. The second-order valence-electron chi connectivity index (χ2n) is 7.59. The summed E-state index contributed by atoms with van der Waals surface area (Å²) in [5.41, 5.74) is 3.33. The van der Waals surface area contributed by atoms with Crippen LogP contribution in [0.3, 0.4) is 0 Å². The maximum Gasteiger partial charge on any atom is 0.244 e. The fraction of sp³-hybridized carbons (Fsp3) is 0.318. The molecule has 26 heavy (non-hydrogen) atoms. The number of fused-ring (bicyclic) bond motifs is 1. The number of rotatable bonds is 3. The van der Waals surface area contributed by atoms with E-state index in [0.717, 1.165) is 23.3 Å². The van der Waals surface area contributed by atoms with Crippen LogP contribution in [0.1, 0.15) is 49.9 Å². The van der Waals surface area contributed by atoms with E-state index in [4.69, 9.17) is 16.3 Å². The fourth-order valence-corrected chi connectivity index (χ4v) is 3.18.